The largest absolute Gasteiger partial charge is 0.379 e. The van der Waals surface area contributed by atoms with Crippen LogP contribution in [0.3, 0.4) is 0 Å². The molecule has 0 spiro atoms. The molecule has 1 heterocycles. The van der Waals surface area contributed by atoms with Gasteiger partial charge >= 0.3 is 0 Å². The number of hydrogen-bond donors (Lipinski definition) is 0. The van der Waals surface area contributed by atoms with Crippen LogP contribution in [0.1, 0.15) is 35.1 Å². The minimum atomic E-state index is 0.0923. The van der Waals surface area contributed by atoms with Crippen LogP contribution in [0.5, 0.6) is 0 Å². The van der Waals surface area contributed by atoms with Gasteiger partial charge in [-0.25, -0.2) is 4.98 Å². The average Bonchev–Trinajstić information content (AvgIpc) is 3.05. The van der Waals surface area contributed by atoms with E-state index in [0.29, 0.717) is 0 Å². The molecule has 100 valence electrons. The minimum Gasteiger partial charge on any atom is -0.379 e. The maximum Gasteiger partial charge on any atom is 0.186 e. The van der Waals surface area contributed by atoms with E-state index in [1.54, 1.807) is 6.92 Å². The first-order chi connectivity index (χ1) is 8.58. The number of ether oxygens (including phenoxy) is 1. The molecule has 2 rings (SSSR count). The molecule has 18 heavy (non-hydrogen) atoms. The smallest absolute Gasteiger partial charge is 0.186 e. The van der Waals surface area contributed by atoms with Crippen LogP contribution in [0, 0.1) is 12.8 Å². The van der Waals surface area contributed by atoms with Crippen LogP contribution in [-0.2, 0) is 4.74 Å². The Morgan fingerprint density at radius 1 is 1.56 bits per heavy atom. The second-order valence-electron chi connectivity index (χ2n) is 4.91. The van der Waals surface area contributed by atoms with Crippen LogP contribution < -0.4 is 4.90 Å². The number of ketones is 1. The lowest BCUT2D eigenvalue weighted by molar-refractivity contribution is 0.102. The second kappa shape index (κ2) is 5.80. The van der Waals surface area contributed by atoms with Crippen molar-refractivity contribution in [1.82, 2.24) is 4.98 Å². The lowest BCUT2D eigenvalue weighted by Gasteiger charge is -2.15. The molecule has 0 aromatic carbocycles. The number of anilines is 1. The SMILES string of the molecule is CC(=O)c1sc(N(C)CCOCC2CC2)nc1C. The first kappa shape index (κ1) is 13.5. The average molecular weight is 268 g/mol. The highest BCUT2D eigenvalue weighted by Crippen LogP contribution is 2.29. The third-order valence-electron chi connectivity index (χ3n) is 3.05. The molecule has 0 atom stereocenters. The second-order valence-corrected chi connectivity index (χ2v) is 5.88. The third kappa shape index (κ3) is 3.53. The fourth-order valence-electron chi connectivity index (χ4n) is 1.70. The summed E-state index contributed by atoms with van der Waals surface area (Å²) >= 11 is 1.46. The van der Waals surface area contributed by atoms with Crippen LogP contribution in [-0.4, -0.2) is 37.6 Å². The first-order valence-electron chi connectivity index (χ1n) is 6.35. The number of rotatable bonds is 7. The van der Waals surface area contributed by atoms with E-state index in [1.807, 2.05) is 14.0 Å². The normalized spacial score (nSPS) is 14.8. The van der Waals surface area contributed by atoms with Crippen molar-refractivity contribution < 1.29 is 9.53 Å². The zero-order chi connectivity index (χ0) is 13.1. The molecule has 5 heteroatoms. The molecule has 1 aliphatic carbocycles. The van der Waals surface area contributed by atoms with Gasteiger partial charge in [-0.2, -0.15) is 0 Å². The predicted octanol–water partition coefficient (Wildman–Crippen LogP) is 2.52. The van der Waals surface area contributed by atoms with Crippen molar-refractivity contribution in [2.75, 3.05) is 31.7 Å². The van der Waals surface area contributed by atoms with E-state index in [-0.39, 0.29) is 5.78 Å². The first-order valence-corrected chi connectivity index (χ1v) is 7.17. The Hall–Kier alpha value is -0.940. The summed E-state index contributed by atoms with van der Waals surface area (Å²) in [4.78, 5) is 18.6. The van der Waals surface area contributed by atoms with Crippen molar-refractivity contribution in [2.24, 2.45) is 5.92 Å². The van der Waals surface area contributed by atoms with E-state index in [2.05, 4.69) is 9.88 Å². The Bertz CT molecular complexity index is 427. The van der Waals surface area contributed by atoms with Crippen LogP contribution >= 0.6 is 11.3 Å². The number of hydrogen-bond acceptors (Lipinski definition) is 5. The molecule has 0 saturated heterocycles. The van der Waals surface area contributed by atoms with Crippen molar-refractivity contribution in [2.45, 2.75) is 26.7 Å². The summed E-state index contributed by atoms with van der Waals surface area (Å²) in [7, 11) is 1.99. The highest BCUT2D eigenvalue weighted by atomic mass is 32.1. The van der Waals surface area contributed by atoms with Crippen molar-refractivity contribution in [3.63, 3.8) is 0 Å². The molecule has 4 nitrogen and oxygen atoms in total. The molecular formula is C13H20N2O2S. The topological polar surface area (TPSA) is 42.4 Å². The van der Waals surface area contributed by atoms with Gasteiger partial charge in [0.25, 0.3) is 0 Å². The van der Waals surface area contributed by atoms with Gasteiger partial charge in [0, 0.05) is 27.1 Å². The third-order valence-corrected chi connectivity index (χ3v) is 4.43. The number of carbonyl (C=O) groups is 1. The molecule has 0 radical (unpaired) electrons. The standard InChI is InChI=1S/C13H20N2O2S/c1-9-12(10(2)16)18-13(14-9)15(3)6-7-17-8-11-4-5-11/h11H,4-8H2,1-3H3. The van der Waals surface area contributed by atoms with E-state index in [9.17, 15) is 4.79 Å². The Balaban J connectivity index is 1.81. The highest BCUT2D eigenvalue weighted by Gasteiger charge is 2.21. The van der Waals surface area contributed by atoms with Crippen molar-refractivity contribution in [1.29, 1.82) is 0 Å². The van der Waals surface area contributed by atoms with Gasteiger partial charge in [0.1, 0.15) is 0 Å². The number of carbonyl (C=O) groups excluding carboxylic acids is 1. The molecule has 0 bridgehead atoms. The number of aryl methyl sites for hydroxylation is 1. The molecule has 0 N–H and O–H groups in total. The quantitative estimate of drug-likeness (QED) is 0.563. The van der Waals surface area contributed by atoms with E-state index in [4.69, 9.17) is 4.74 Å². The number of nitrogens with zero attached hydrogens (tertiary/aromatic N) is 2. The summed E-state index contributed by atoms with van der Waals surface area (Å²) in [5, 5.41) is 0.896. The van der Waals surface area contributed by atoms with Gasteiger partial charge in [-0.1, -0.05) is 11.3 Å². The van der Waals surface area contributed by atoms with Gasteiger partial charge in [-0.3, -0.25) is 4.79 Å². The lowest BCUT2D eigenvalue weighted by atomic mass is 10.3. The summed E-state index contributed by atoms with van der Waals surface area (Å²) in [6, 6.07) is 0. The summed E-state index contributed by atoms with van der Waals surface area (Å²) in [6.07, 6.45) is 2.65. The molecule has 0 aliphatic heterocycles. The fraction of sp³-hybridized carbons (Fsp3) is 0.692. The maximum absolute atomic E-state index is 11.4. The molecule has 1 aliphatic rings. The zero-order valence-electron chi connectivity index (χ0n) is 11.2. The van der Waals surface area contributed by atoms with E-state index < -0.39 is 0 Å². The number of aromatic nitrogens is 1. The monoisotopic (exact) mass is 268 g/mol. The molecule has 1 saturated carbocycles. The van der Waals surface area contributed by atoms with Gasteiger partial charge in [-0.15, -0.1) is 0 Å². The Labute approximate surface area is 112 Å². The van der Waals surface area contributed by atoms with E-state index in [0.717, 1.165) is 41.4 Å². The fourth-order valence-corrected chi connectivity index (χ4v) is 2.65. The number of thiazole rings is 1. The zero-order valence-corrected chi connectivity index (χ0v) is 12.0. The van der Waals surface area contributed by atoms with Crippen LogP contribution in [0.25, 0.3) is 0 Å². The van der Waals surface area contributed by atoms with Crippen molar-refractivity contribution in [3.05, 3.63) is 10.6 Å². The highest BCUT2D eigenvalue weighted by molar-refractivity contribution is 7.17. The number of Topliss-reactive ketones (excluding diaryl/α,β-unsaturated/α-hetero) is 1. The molecule has 0 unspecified atom stereocenters. The number of likely N-dealkylation sites (N-methyl/N-ethyl adjacent to an activating group) is 1. The van der Waals surface area contributed by atoms with Gasteiger partial charge < -0.3 is 9.64 Å². The molecular weight excluding hydrogens is 248 g/mol. The van der Waals surface area contributed by atoms with Crippen LogP contribution in [0.15, 0.2) is 0 Å². The van der Waals surface area contributed by atoms with Crippen molar-refractivity contribution >= 4 is 22.3 Å². The predicted molar refractivity (Wildman–Crippen MR) is 73.7 cm³/mol. The van der Waals surface area contributed by atoms with Crippen LogP contribution in [0.2, 0.25) is 0 Å². The lowest BCUT2D eigenvalue weighted by Crippen LogP contribution is -2.22. The summed E-state index contributed by atoms with van der Waals surface area (Å²) in [6.45, 7) is 5.90. The van der Waals surface area contributed by atoms with Gasteiger partial charge in [0.2, 0.25) is 0 Å². The summed E-state index contributed by atoms with van der Waals surface area (Å²) in [5.41, 5.74) is 0.827. The summed E-state index contributed by atoms with van der Waals surface area (Å²) in [5.74, 6) is 0.899. The van der Waals surface area contributed by atoms with E-state index in [1.165, 1.54) is 24.2 Å². The van der Waals surface area contributed by atoms with Crippen LogP contribution in [0.4, 0.5) is 5.13 Å². The van der Waals surface area contributed by atoms with Gasteiger partial charge in [0.15, 0.2) is 10.9 Å². The maximum atomic E-state index is 11.4. The Kier molecular flexibility index (Phi) is 4.35. The van der Waals surface area contributed by atoms with Gasteiger partial charge in [0.05, 0.1) is 17.2 Å². The molecule has 1 aromatic heterocycles. The molecule has 1 fully saturated rings. The Morgan fingerprint density at radius 2 is 2.28 bits per heavy atom. The van der Waals surface area contributed by atoms with Crippen molar-refractivity contribution in [3.8, 4) is 0 Å². The summed E-state index contributed by atoms with van der Waals surface area (Å²) < 4.78 is 5.60. The minimum absolute atomic E-state index is 0.0923. The molecule has 1 aromatic rings. The Morgan fingerprint density at radius 3 is 2.83 bits per heavy atom. The molecule has 0 amide bonds. The van der Waals surface area contributed by atoms with Gasteiger partial charge in [-0.05, 0) is 25.7 Å². The van der Waals surface area contributed by atoms with E-state index >= 15 is 0 Å².